The number of halogens is 1. The first-order valence-electron chi connectivity index (χ1n) is 12.9. The highest BCUT2D eigenvalue weighted by Crippen LogP contribution is 2.21. The van der Waals surface area contributed by atoms with Crippen molar-refractivity contribution in [3.8, 4) is 0 Å². The minimum absolute atomic E-state index is 0.00545. The van der Waals surface area contributed by atoms with Crippen molar-refractivity contribution in [2.45, 2.75) is 52.2 Å². The van der Waals surface area contributed by atoms with Crippen LogP contribution in [-0.4, -0.2) is 50.0 Å². The number of anilines is 1. The van der Waals surface area contributed by atoms with Crippen LogP contribution >= 0.6 is 0 Å². The average Bonchev–Trinajstić information content (AvgIpc) is 2.90. The third-order valence-corrected chi connectivity index (χ3v) is 7.42. The van der Waals surface area contributed by atoms with E-state index in [0.717, 1.165) is 28.1 Å². The molecule has 0 aromatic heterocycles. The van der Waals surface area contributed by atoms with E-state index in [1.54, 1.807) is 24.3 Å². The second-order valence-electron chi connectivity index (χ2n) is 9.81. The zero-order valence-corrected chi connectivity index (χ0v) is 23.6. The van der Waals surface area contributed by atoms with Crippen LogP contribution in [0.15, 0.2) is 78.9 Å². The van der Waals surface area contributed by atoms with Gasteiger partial charge < -0.3 is 10.2 Å². The number of nitrogens with one attached hydrogen (secondary N) is 1. The lowest BCUT2D eigenvalue weighted by Gasteiger charge is -2.34. The third kappa shape index (κ3) is 8.64. The highest BCUT2D eigenvalue weighted by atomic mass is 32.2. The van der Waals surface area contributed by atoms with Crippen LogP contribution in [0.4, 0.5) is 10.1 Å². The zero-order chi connectivity index (χ0) is 28.6. The van der Waals surface area contributed by atoms with E-state index in [1.165, 1.54) is 17.0 Å². The fourth-order valence-electron chi connectivity index (χ4n) is 4.23. The SMILES string of the molecule is CCc1ccc(N(CC(=O)N(Cc2ccc(F)cc2)[C@H](Cc2ccccc2)C(=O)NC(C)C)S(C)(=O)=O)cc1. The Labute approximate surface area is 230 Å². The summed E-state index contributed by atoms with van der Waals surface area (Å²) in [5.41, 5.74) is 2.84. The van der Waals surface area contributed by atoms with Gasteiger partial charge in [0, 0.05) is 19.0 Å². The van der Waals surface area contributed by atoms with Crippen molar-refractivity contribution in [1.29, 1.82) is 0 Å². The normalized spacial score (nSPS) is 12.2. The van der Waals surface area contributed by atoms with E-state index in [4.69, 9.17) is 0 Å². The van der Waals surface area contributed by atoms with Gasteiger partial charge in [-0.05, 0) is 61.2 Å². The van der Waals surface area contributed by atoms with Crippen LogP contribution in [0.1, 0.15) is 37.5 Å². The largest absolute Gasteiger partial charge is 0.352 e. The number of carbonyl (C=O) groups excluding carboxylic acids is 2. The van der Waals surface area contributed by atoms with Crippen LogP contribution in [0, 0.1) is 5.82 Å². The lowest BCUT2D eigenvalue weighted by Crippen LogP contribution is -2.54. The van der Waals surface area contributed by atoms with E-state index < -0.39 is 34.3 Å². The molecule has 0 aliphatic heterocycles. The quantitative estimate of drug-likeness (QED) is 0.362. The van der Waals surface area contributed by atoms with Gasteiger partial charge >= 0.3 is 0 Å². The Morgan fingerprint density at radius 3 is 2.00 bits per heavy atom. The summed E-state index contributed by atoms with van der Waals surface area (Å²) in [6, 6.07) is 20.9. The molecule has 208 valence electrons. The van der Waals surface area contributed by atoms with E-state index in [0.29, 0.717) is 11.3 Å². The summed E-state index contributed by atoms with van der Waals surface area (Å²) >= 11 is 0. The minimum Gasteiger partial charge on any atom is -0.352 e. The van der Waals surface area contributed by atoms with Gasteiger partial charge in [0.05, 0.1) is 11.9 Å². The maximum atomic E-state index is 14.0. The molecule has 0 unspecified atom stereocenters. The fourth-order valence-corrected chi connectivity index (χ4v) is 5.08. The Morgan fingerprint density at radius 2 is 1.46 bits per heavy atom. The molecule has 3 aromatic rings. The van der Waals surface area contributed by atoms with Gasteiger partial charge in [0.2, 0.25) is 21.8 Å². The average molecular weight is 554 g/mol. The molecular formula is C30H36FN3O4S. The van der Waals surface area contributed by atoms with Crippen LogP contribution in [0.3, 0.4) is 0 Å². The topological polar surface area (TPSA) is 86.8 Å². The number of nitrogens with zero attached hydrogens (tertiary/aromatic N) is 2. The number of hydrogen-bond acceptors (Lipinski definition) is 4. The molecular weight excluding hydrogens is 517 g/mol. The van der Waals surface area contributed by atoms with Gasteiger partial charge in [-0.15, -0.1) is 0 Å². The van der Waals surface area contributed by atoms with Crippen LogP contribution in [0.5, 0.6) is 0 Å². The Kier molecular flexibility index (Phi) is 10.2. The van der Waals surface area contributed by atoms with Crippen LogP contribution < -0.4 is 9.62 Å². The van der Waals surface area contributed by atoms with Gasteiger partial charge in [-0.3, -0.25) is 13.9 Å². The Hall–Kier alpha value is -3.72. The van der Waals surface area contributed by atoms with Crippen LogP contribution in [0.25, 0.3) is 0 Å². The monoisotopic (exact) mass is 553 g/mol. The van der Waals surface area contributed by atoms with Gasteiger partial charge in [0.25, 0.3) is 0 Å². The van der Waals surface area contributed by atoms with Crippen molar-refractivity contribution in [1.82, 2.24) is 10.2 Å². The number of benzene rings is 3. The Bertz CT molecular complexity index is 1350. The molecule has 39 heavy (non-hydrogen) atoms. The standard InChI is InChI=1S/C30H36FN3O4S/c1-5-23-13-17-27(18-14-23)34(39(4,37)38)21-29(35)33(20-25-11-15-26(31)16-12-25)28(30(36)32-22(2)3)19-24-9-7-6-8-10-24/h6-18,22,28H,5,19-21H2,1-4H3,(H,32,36)/t28-/m1/s1. The highest BCUT2D eigenvalue weighted by molar-refractivity contribution is 7.92. The maximum Gasteiger partial charge on any atom is 0.244 e. The van der Waals surface area contributed by atoms with Gasteiger partial charge in [0.1, 0.15) is 18.4 Å². The van der Waals surface area contributed by atoms with Gasteiger partial charge in [0.15, 0.2) is 0 Å². The molecule has 0 saturated carbocycles. The molecule has 0 radical (unpaired) electrons. The molecule has 2 amide bonds. The van der Waals surface area contributed by atoms with E-state index in [2.05, 4.69) is 5.32 Å². The summed E-state index contributed by atoms with van der Waals surface area (Å²) in [6.45, 7) is 5.15. The number of sulfonamides is 1. The second-order valence-corrected chi connectivity index (χ2v) is 11.7. The second kappa shape index (κ2) is 13.4. The molecule has 0 bridgehead atoms. The number of aryl methyl sites for hydroxylation is 1. The molecule has 0 spiro atoms. The van der Waals surface area contributed by atoms with Crippen molar-refractivity contribution in [2.75, 3.05) is 17.1 Å². The molecule has 1 N–H and O–H groups in total. The third-order valence-electron chi connectivity index (χ3n) is 6.28. The maximum absolute atomic E-state index is 14.0. The molecule has 0 aliphatic carbocycles. The predicted molar refractivity (Wildman–Crippen MR) is 152 cm³/mol. The van der Waals surface area contributed by atoms with E-state index in [1.807, 2.05) is 63.2 Å². The van der Waals surface area contributed by atoms with Crippen molar-refractivity contribution >= 4 is 27.5 Å². The molecule has 3 rings (SSSR count). The molecule has 9 heteroatoms. The lowest BCUT2D eigenvalue weighted by molar-refractivity contribution is -0.140. The predicted octanol–water partition coefficient (Wildman–Crippen LogP) is 4.32. The first-order valence-corrected chi connectivity index (χ1v) is 14.8. The molecule has 7 nitrogen and oxygen atoms in total. The van der Waals surface area contributed by atoms with E-state index in [9.17, 15) is 22.4 Å². The molecule has 0 heterocycles. The molecule has 0 aliphatic rings. The summed E-state index contributed by atoms with van der Waals surface area (Å²) in [5, 5.41) is 2.90. The van der Waals surface area contributed by atoms with Crippen molar-refractivity contribution in [3.05, 3.63) is 101 Å². The molecule has 3 aromatic carbocycles. The number of rotatable bonds is 12. The minimum atomic E-state index is -3.83. The molecule has 0 saturated heterocycles. The Morgan fingerprint density at radius 1 is 0.872 bits per heavy atom. The molecule has 1 atom stereocenters. The van der Waals surface area contributed by atoms with Crippen LogP contribution in [-0.2, 0) is 39.0 Å². The van der Waals surface area contributed by atoms with Crippen LogP contribution in [0.2, 0.25) is 0 Å². The molecule has 0 fully saturated rings. The summed E-state index contributed by atoms with van der Waals surface area (Å²) in [5.74, 6) is -1.33. The summed E-state index contributed by atoms with van der Waals surface area (Å²) in [6.07, 6.45) is 2.05. The number of amides is 2. The summed E-state index contributed by atoms with van der Waals surface area (Å²) < 4.78 is 40.3. The van der Waals surface area contributed by atoms with E-state index in [-0.39, 0.29) is 24.9 Å². The number of hydrogen-bond donors (Lipinski definition) is 1. The highest BCUT2D eigenvalue weighted by Gasteiger charge is 2.33. The first-order chi connectivity index (χ1) is 18.5. The number of carbonyl (C=O) groups is 2. The fraction of sp³-hybridized carbons (Fsp3) is 0.333. The van der Waals surface area contributed by atoms with Crippen molar-refractivity contribution in [3.63, 3.8) is 0 Å². The smallest absolute Gasteiger partial charge is 0.244 e. The van der Waals surface area contributed by atoms with Crippen molar-refractivity contribution < 1.29 is 22.4 Å². The zero-order valence-electron chi connectivity index (χ0n) is 22.8. The van der Waals surface area contributed by atoms with Gasteiger partial charge in [-0.25, -0.2) is 12.8 Å². The van der Waals surface area contributed by atoms with Gasteiger partial charge in [-0.1, -0.05) is 61.5 Å². The van der Waals surface area contributed by atoms with Gasteiger partial charge in [-0.2, -0.15) is 0 Å². The summed E-state index contributed by atoms with van der Waals surface area (Å²) in [4.78, 5) is 28.8. The van der Waals surface area contributed by atoms with E-state index >= 15 is 0 Å². The van der Waals surface area contributed by atoms with Crippen molar-refractivity contribution in [2.24, 2.45) is 0 Å². The first kappa shape index (κ1) is 29.8. The lowest BCUT2D eigenvalue weighted by atomic mass is 10.0. The Balaban J connectivity index is 2.03. The summed E-state index contributed by atoms with van der Waals surface area (Å²) in [7, 11) is -3.83.